The minimum atomic E-state index is -0.339. The fourth-order valence-electron chi connectivity index (χ4n) is 2.46. The molecule has 0 aromatic carbocycles. The lowest BCUT2D eigenvalue weighted by molar-refractivity contribution is 0.0928. The SMILES string of the molecule is ClC1CN(c2ncc3ncc(-c4cncnc4)cc3n2)CCO1. The monoisotopic (exact) mass is 328 g/mol. The van der Waals surface area contributed by atoms with E-state index in [4.69, 9.17) is 16.3 Å². The minimum absolute atomic E-state index is 0.339. The summed E-state index contributed by atoms with van der Waals surface area (Å²) >= 11 is 6.04. The van der Waals surface area contributed by atoms with Crippen molar-refractivity contribution in [3.05, 3.63) is 37.2 Å². The molecule has 1 fully saturated rings. The quantitative estimate of drug-likeness (QED) is 0.665. The molecule has 0 radical (unpaired) electrons. The van der Waals surface area contributed by atoms with E-state index in [1.807, 2.05) is 11.0 Å². The molecule has 7 nitrogen and oxygen atoms in total. The second-order valence-electron chi connectivity index (χ2n) is 5.15. The van der Waals surface area contributed by atoms with Crippen LogP contribution < -0.4 is 4.90 Å². The number of aromatic nitrogens is 5. The maximum atomic E-state index is 6.04. The van der Waals surface area contributed by atoms with Crippen LogP contribution in [-0.4, -0.2) is 50.2 Å². The highest BCUT2D eigenvalue weighted by atomic mass is 35.5. The highest BCUT2D eigenvalue weighted by molar-refractivity contribution is 6.20. The molecule has 116 valence electrons. The average Bonchev–Trinajstić information content (AvgIpc) is 2.61. The summed E-state index contributed by atoms with van der Waals surface area (Å²) in [5, 5.41) is 0. The van der Waals surface area contributed by atoms with E-state index in [2.05, 4.69) is 24.9 Å². The Morgan fingerprint density at radius 2 is 1.91 bits per heavy atom. The second kappa shape index (κ2) is 6.02. The lowest BCUT2D eigenvalue weighted by atomic mass is 10.1. The number of hydrogen-bond donors (Lipinski definition) is 0. The van der Waals surface area contributed by atoms with E-state index < -0.39 is 0 Å². The number of ether oxygens (including phenoxy) is 1. The highest BCUT2D eigenvalue weighted by Gasteiger charge is 2.20. The van der Waals surface area contributed by atoms with Gasteiger partial charge >= 0.3 is 0 Å². The van der Waals surface area contributed by atoms with Crippen LogP contribution >= 0.6 is 11.6 Å². The van der Waals surface area contributed by atoms with E-state index in [9.17, 15) is 0 Å². The molecule has 0 aliphatic carbocycles. The zero-order chi connectivity index (χ0) is 15.6. The van der Waals surface area contributed by atoms with Crippen LogP contribution in [0.1, 0.15) is 0 Å². The molecule has 4 rings (SSSR count). The Balaban J connectivity index is 1.72. The van der Waals surface area contributed by atoms with Gasteiger partial charge in [-0.3, -0.25) is 4.98 Å². The van der Waals surface area contributed by atoms with E-state index >= 15 is 0 Å². The van der Waals surface area contributed by atoms with Gasteiger partial charge in [0.2, 0.25) is 5.95 Å². The molecule has 3 aromatic heterocycles. The maximum absolute atomic E-state index is 6.04. The van der Waals surface area contributed by atoms with Gasteiger partial charge in [-0.25, -0.2) is 19.9 Å². The third-order valence-corrected chi connectivity index (χ3v) is 3.88. The number of fused-ring (bicyclic) bond motifs is 1. The van der Waals surface area contributed by atoms with Gasteiger partial charge in [0, 0.05) is 36.3 Å². The molecule has 0 spiro atoms. The molecule has 4 heterocycles. The molecule has 8 heteroatoms. The molecule has 1 saturated heterocycles. The Kier molecular flexibility index (Phi) is 3.72. The van der Waals surface area contributed by atoms with Crippen LogP contribution in [0.25, 0.3) is 22.2 Å². The summed E-state index contributed by atoms with van der Waals surface area (Å²) in [6.07, 6.45) is 8.49. The number of morpholine rings is 1. The van der Waals surface area contributed by atoms with E-state index in [1.165, 1.54) is 6.33 Å². The van der Waals surface area contributed by atoms with Gasteiger partial charge in [-0.15, -0.1) is 0 Å². The van der Waals surface area contributed by atoms with Crippen LogP contribution in [0.3, 0.4) is 0 Å². The highest BCUT2D eigenvalue weighted by Crippen LogP contribution is 2.22. The molecule has 0 bridgehead atoms. The lowest BCUT2D eigenvalue weighted by Crippen LogP contribution is -2.41. The predicted octanol–water partition coefficient (Wildman–Crippen LogP) is 1.88. The third-order valence-electron chi connectivity index (χ3n) is 3.62. The third kappa shape index (κ3) is 2.93. The van der Waals surface area contributed by atoms with Crippen molar-refractivity contribution in [3.63, 3.8) is 0 Å². The van der Waals surface area contributed by atoms with Crippen LogP contribution in [0.15, 0.2) is 37.2 Å². The maximum Gasteiger partial charge on any atom is 0.226 e. The van der Waals surface area contributed by atoms with E-state index in [0.29, 0.717) is 25.6 Å². The van der Waals surface area contributed by atoms with Crippen molar-refractivity contribution in [2.45, 2.75) is 5.56 Å². The summed E-state index contributed by atoms with van der Waals surface area (Å²) in [4.78, 5) is 23.5. The Morgan fingerprint density at radius 1 is 1.04 bits per heavy atom. The molecule has 0 saturated carbocycles. The van der Waals surface area contributed by atoms with E-state index in [-0.39, 0.29) is 5.56 Å². The normalized spacial score (nSPS) is 18.3. The van der Waals surface area contributed by atoms with Crippen molar-refractivity contribution in [1.82, 2.24) is 24.9 Å². The molecule has 23 heavy (non-hydrogen) atoms. The number of anilines is 1. The first kappa shape index (κ1) is 14.2. The summed E-state index contributed by atoms with van der Waals surface area (Å²) in [7, 11) is 0. The lowest BCUT2D eigenvalue weighted by Gasteiger charge is -2.29. The molecule has 1 unspecified atom stereocenters. The topological polar surface area (TPSA) is 76.9 Å². The first-order valence-electron chi connectivity index (χ1n) is 7.18. The zero-order valence-electron chi connectivity index (χ0n) is 12.1. The molecule has 0 amide bonds. The summed E-state index contributed by atoms with van der Waals surface area (Å²) in [6, 6.07) is 1.96. The summed E-state index contributed by atoms with van der Waals surface area (Å²) < 4.78 is 5.34. The van der Waals surface area contributed by atoms with Gasteiger partial charge in [0.05, 0.1) is 24.9 Å². The first-order valence-corrected chi connectivity index (χ1v) is 7.62. The van der Waals surface area contributed by atoms with Gasteiger partial charge in [-0.2, -0.15) is 0 Å². The fraction of sp³-hybridized carbons (Fsp3) is 0.267. The van der Waals surface area contributed by atoms with Crippen LogP contribution in [0.5, 0.6) is 0 Å². The standard InChI is InChI=1S/C15H13ClN6O/c16-14-8-22(1-2-23-14)15-20-7-13-12(21-15)3-10(6-19-13)11-4-17-9-18-5-11/h3-7,9,14H,1-2,8H2. The van der Waals surface area contributed by atoms with Gasteiger partial charge in [0.15, 0.2) is 0 Å². The molecular formula is C15H13ClN6O. The van der Waals surface area contributed by atoms with Crippen molar-refractivity contribution < 1.29 is 4.74 Å². The zero-order valence-corrected chi connectivity index (χ0v) is 12.9. The molecule has 3 aromatic rings. The van der Waals surface area contributed by atoms with Crippen LogP contribution in [0, 0.1) is 0 Å². The molecule has 0 N–H and O–H groups in total. The van der Waals surface area contributed by atoms with Gasteiger partial charge in [-0.05, 0) is 6.07 Å². The molecule has 1 atom stereocenters. The van der Waals surface area contributed by atoms with E-state index in [1.54, 1.807) is 24.8 Å². The van der Waals surface area contributed by atoms with Gasteiger partial charge in [0.1, 0.15) is 17.4 Å². The predicted molar refractivity (Wildman–Crippen MR) is 86.2 cm³/mol. The number of nitrogens with zero attached hydrogens (tertiary/aromatic N) is 6. The van der Waals surface area contributed by atoms with Gasteiger partial charge < -0.3 is 9.64 Å². The average molecular weight is 329 g/mol. The van der Waals surface area contributed by atoms with Gasteiger partial charge in [-0.1, -0.05) is 11.6 Å². The van der Waals surface area contributed by atoms with Crippen molar-refractivity contribution in [2.75, 3.05) is 24.6 Å². The van der Waals surface area contributed by atoms with Crippen molar-refractivity contribution >= 4 is 28.6 Å². The summed E-state index contributed by atoms with van der Waals surface area (Å²) in [5.41, 5.74) is 2.99. The fourth-order valence-corrected chi connectivity index (χ4v) is 2.71. The second-order valence-corrected chi connectivity index (χ2v) is 5.64. The van der Waals surface area contributed by atoms with Gasteiger partial charge in [0.25, 0.3) is 0 Å². The number of alkyl halides is 1. The molecule has 1 aliphatic heterocycles. The molecule has 1 aliphatic rings. The van der Waals surface area contributed by atoms with Crippen LogP contribution in [-0.2, 0) is 4.74 Å². The van der Waals surface area contributed by atoms with Crippen LogP contribution in [0.4, 0.5) is 5.95 Å². The largest absolute Gasteiger partial charge is 0.359 e. The summed E-state index contributed by atoms with van der Waals surface area (Å²) in [6.45, 7) is 1.84. The molecular weight excluding hydrogens is 316 g/mol. The van der Waals surface area contributed by atoms with Crippen molar-refractivity contribution in [2.24, 2.45) is 0 Å². The number of pyridine rings is 1. The van der Waals surface area contributed by atoms with E-state index in [0.717, 1.165) is 22.2 Å². The Labute approximate surface area is 137 Å². The Hall–Kier alpha value is -2.38. The Morgan fingerprint density at radius 3 is 2.74 bits per heavy atom. The van der Waals surface area contributed by atoms with Crippen molar-refractivity contribution in [3.8, 4) is 11.1 Å². The van der Waals surface area contributed by atoms with Crippen molar-refractivity contribution in [1.29, 1.82) is 0 Å². The smallest absolute Gasteiger partial charge is 0.226 e. The number of hydrogen-bond acceptors (Lipinski definition) is 7. The Bertz CT molecular complexity index is 831. The summed E-state index contributed by atoms with van der Waals surface area (Å²) in [5.74, 6) is 0.634. The minimum Gasteiger partial charge on any atom is -0.359 e. The van der Waals surface area contributed by atoms with Crippen LogP contribution in [0.2, 0.25) is 0 Å². The number of halogens is 1. The first-order chi connectivity index (χ1) is 11.3. The number of rotatable bonds is 2.